The van der Waals surface area contributed by atoms with E-state index in [2.05, 4.69) is 61.4 Å². The van der Waals surface area contributed by atoms with Crippen molar-refractivity contribution in [2.75, 3.05) is 0 Å². The fourth-order valence-electron chi connectivity index (χ4n) is 3.39. The third-order valence-corrected chi connectivity index (χ3v) is 5.12. The van der Waals surface area contributed by atoms with Gasteiger partial charge in [-0.25, -0.2) is 0 Å². The van der Waals surface area contributed by atoms with Gasteiger partial charge in [0.1, 0.15) is 0 Å². The van der Waals surface area contributed by atoms with E-state index < -0.39 is 0 Å². The minimum Gasteiger partial charge on any atom is -0.350 e. The molecular weight excluding hydrogens is 336 g/mol. The maximum atomic E-state index is 12.3. The summed E-state index contributed by atoms with van der Waals surface area (Å²) in [6.07, 6.45) is 4.09. The normalized spacial score (nSPS) is 17.9. The molecule has 2 N–H and O–H groups in total. The lowest BCUT2D eigenvalue weighted by Crippen LogP contribution is -2.23. The van der Waals surface area contributed by atoms with Crippen LogP contribution in [0.25, 0.3) is 5.57 Å². The molecule has 0 saturated carbocycles. The van der Waals surface area contributed by atoms with E-state index in [1.54, 1.807) is 0 Å². The second-order valence-corrected chi connectivity index (χ2v) is 8.20. The molecule has 0 aliphatic carbocycles. The first-order valence-electron chi connectivity index (χ1n) is 9.62. The lowest BCUT2D eigenvalue weighted by atomic mass is 9.86. The molecule has 27 heavy (non-hydrogen) atoms. The SMILES string of the molecule is CCc1ccc(C(=C[C@H]2CCC(=O)N2)c2ccc(C(C)(C)C)cc2)[nH]c1=O. The molecule has 1 aromatic carbocycles. The van der Waals surface area contributed by atoms with Crippen molar-refractivity contribution in [1.29, 1.82) is 0 Å². The van der Waals surface area contributed by atoms with Gasteiger partial charge < -0.3 is 10.3 Å². The number of hydrogen-bond acceptors (Lipinski definition) is 2. The Morgan fingerprint density at radius 3 is 2.33 bits per heavy atom. The third kappa shape index (κ3) is 4.38. The Morgan fingerprint density at radius 2 is 1.81 bits per heavy atom. The van der Waals surface area contributed by atoms with Gasteiger partial charge in [0.05, 0.1) is 0 Å². The predicted molar refractivity (Wildman–Crippen MR) is 110 cm³/mol. The molecule has 142 valence electrons. The zero-order chi connectivity index (χ0) is 19.6. The molecule has 2 aromatic rings. The summed E-state index contributed by atoms with van der Waals surface area (Å²) in [7, 11) is 0. The van der Waals surface area contributed by atoms with Gasteiger partial charge >= 0.3 is 0 Å². The van der Waals surface area contributed by atoms with Gasteiger partial charge in [-0.05, 0) is 35.4 Å². The van der Waals surface area contributed by atoms with Crippen molar-refractivity contribution in [3.63, 3.8) is 0 Å². The highest BCUT2D eigenvalue weighted by atomic mass is 16.2. The summed E-state index contributed by atoms with van der Waals surface area (Å²) < 4.78 is 0. The first kappa shape index (κ1) is 19.2. The molecule has 4 nitrogen and oxygen atoms in total. The summed E-state index contributed by atoms with van der Waals surface area (Å²) in [4.78, 5) is 27.0. The number of benzene rings is 1. The largest absolute Gasteiger partial charge is 0.350 e. The van der Waals surface area contributed by atoms with Gasteiger partial charge in [-0.3, -0.25) is 9.59 Å². The molecule has 0 spiro atoms. The molecule has 4 heteroatoms. The van der Waals surface area contributed by atoms with Crippen molar-refractivity contribution < 1.29 is 4.79 Å². The molecule has 1 aliphatic rings. The molecule has 1 saturated heterocycles. The van der Waals surface area contributed by atoms with Crippen molar-refractivity contribution in [2.24, 2.45) is 0 Å². The minimum atomic E-state index is -0.0531. The average molecular weight is 364 g/mol. The molecule has 3 rings (SSSR count). The van der Waals surface area contributed by atoms with Crippen LogP contribution in [0.3, 0.4) is 0 Å². The van der Waals surface area contributed by atoms with Crippen LogP contribution in [0.2, 0.25) is 0 Å². The summed E-state index contributed by atoms with van der Waals surface area (Å²) in [6.45, 7) is 8.54. The van der Waals surface area contributed by atoms with E-state index >= 15 is 0 Å². The van der Waals surface area contributed by atoms with Crippen LogP contribution in [-0.4, -0.2) is 16.9 Å². The van der Waals surface area contributed by atoms with Crippen LogP contribution in [0.4, 0.5) is 0 Å². The van der Waals surface area contributed by atoms with E-state index in [9.17, 15) is 9.59 Å². The van der Waals surface area contributed by atoms with Crippen molar-refractivity contribution in [3.05, 3.63) is 75.2 Å². The summed E-state index contributed by atoms with van der Waals surface area (Å²) >= 11 is 0. The Morgan fingerprint density at radius 1 is 1.11 bits per heavy atom. The van der Waals surface area contributed by atoms with E-state index in [1.165, 1.54) is 5.56 Å². The fourth-order valence-corrected chi connectivity index (χ4v) is 3.39. The molecule has 2 heterocycles. The standard InChI is InChI=1S/C23H28N2O2/c1-5-15-8-12-20(25-22(15)27)19(14-18-11-13-21(26)24-18)16-6-9-17(10-7-16)23(2,3)4/h6-10,12,14,18H,5,11,13H2,1-4H3,(H,24,26)(H,25,27)/t18-/m1/s1. The number of hydrogen-bond donors (Lipinski definition) is 2. The minimum absolute atomic E-state index is 0.0100. The van der Waals surface area contributed by atoms with Gasteiger partial charge in [0.15, 0.2) is 0 Å². The zero-order valence-corrected chi connectivity index (χ0v) is 16.6. The number of rotatable bonds is 4. The third-order valence-electron chi connectivity index (χ3n) is 5.12. The van der Waals surface area contributed by atoms with Crippen LogP contribution in [0, 0.1) is 0 Å². The van der Waals surface area contributed by atoms with E-state index in [4.69, 9.17) is 0 Å². The molecule has 0 unspecified atom stereocenters. The maximum absolute atomic E-state index is 12.3. The van der Waals surface area contributed by atoms with E-state index in [1.807, 2.05) is 19.1 Å². The summed E-state index contributed by atoms with van der Waals surface area (Å²) in [6, 6.07) is 12.3. The Hall–Kier alpha value is -2.62. The fraction of sp³-hybridized carbons (Fsp3) is 0.391. The Kier molecular flexibility index (Phi) is 5.36. The number of nitrogens with one attached hydrogen (secondary N) is 2. The zero-order valence-electron chi connectivity index (χ0n) is 16.6. The number of pyridine rings is 1. The van der Waals surface area contributed by atoms with Gasteiger partial charge in [-0.2, -0.15) is 0 Å². The van der Waals surface area contributed by atoms with Gasteiger partial charge in [0.25, 0.3) is 5.56 Å². The number of aryl methyl sites for hydroxylation is 1. The second-order valence-electron chi connectivity index (χ2n) is 8.20. The van der Waals surface area contributed by atoms with E-state index in [0.29, 0.717) is 12.8 Å². The van der Waals surface area contributed by atoms with Gasteiger partial charge in [-0.1, -0.05) is 64.1 Å². The highest BCUT2D eigenvalue weighted by Crippen LogP contribution is 2.28. The first-order valence-corrected chi connectivity index (χ1v) is 9.62. The molecule has 0 radical (unpaired) electrons. The number of aromatic nitrogens is 1. The van der Waals surface area contributed by atoms with Crippen molar-refractivity contribution in [3.8, 4) is 0 Å². The number of aromatic amines is 1. The highest BCUT2D eigenvalue weighted by Gasteiger charge is 2.21. The van der Waals surface area contributed by atoms with Crippen molar-refractivity contribution in [2.45, 2.75) is 58.4 Å². The number of carbonyl (C=O) groups excluding carboxylic acids is 1. The smallest absolute Gasteiger partial charge is 0.251 e. The van der Waals surface area contributed by atoms with Gasteiger partial charge in [0, 0.05) is 29.3 Å². The Bertz CT molecular complexity index is 915. The summed E-state index contributed by atoms with van der Waals surface area (Å²) in [5.41, 5.74) is 4.82. The highest BCUT2D eigenvalue weighted by molar-refractivity contribution is 5.82. The van der Waals surface area contributed by atoms with Crippen LogP contribution >= 0.6 is 0 Å². The van der Waals surface area contributed by atoms with E-state index in [-0.39, 0.29) is 22.9 Å². The molecule has 1 aromatic heterocycles. The molecule has 1 amide bonds. The maximum Gasteiger partial charge on any atom is 0.251 e. The second kappa shape index (κ2) is 7.55. The van der Waals surface area contributed by atoms with Gasteiger partial charge in [0.2, 0.25) is 5.91 Å². The van der Waals surface area contributed by atoms with Crippen LogP contribution in [0.15, 0.2) is 47.3 Å². The predicted octanol–water partition coefficient (Wildman–Crippen LogP) is 3.95. The molecule has 1 atom stereocenters. The lowest BCUT2D eigenvalue weighted by molar-refractivity contribution is -0.119. The number of H-pyrrole nitrogens is 1. The summed E-state index contributed by atoms with van der Waals surface area (Å²) in [5.74, 6) is 0.0773. The number of carbonyl (C=O) groups is 1. The molecule has 0 bridgehead atoms. The van der Waals surface area contributed by atoms with Crippen LogP contribution in [0.5, 0.6) is 0 Å². The Balaban J connectivity index is 2.05. The van der Waals surface area contributed by atoms with E-state index in [0.717, 1.165) is 28.8 Å². The molecular formula is C23H28N2O2. The quantitative estimate of drug-likeness (QED) is 0.863. The van der Waals surface area contributed by atoms with Crippen LogP contribution in [0.1, 0.15) is 62.9 Å². The molecule has 1 aliphatic heterocycles. The van der Waals surface area contributed by atoms with Crippen molar-refractivity contribution in [1.82, 2.24) is 10.3 Å². The first-order chi connectivity index (χ1) is 12.8. The summed E-state index contributed by atoms with van der Waals surface area (Å²) in [5, 5.41) is 2.99. The van der Waals surface area contributed by atoms with Crippen LogP contribution in [-0.2, 0) is 16.6 Å². The van der Waals surface area contributed by atoms with Crippen molar-refractivity contribution >= 4 is 11.5 Å². The monoisotopic (exact) mass is 364 g/mol. The Labute approximate surface area is 160 Å². The average Bonchev–Trinajstić information content (AvgIpc) is 3.04. The topological polar surface area (TPSA) is 62.0 Å². The molecule has 1 fully saturated rings. The lowest BCUT2D eigenvalue weighted by Gasteiger charge is -2.20. The van der Waals surface area contributed by atoms with Crippen LogP contribution < -0.4 is 10.9 Å². The number of amides is 1. The van der Waals surface area contributed by atoms with Gasteiger partial charge in [-0.15, -0.1) is 0 Å².